The number of carbonyl (C=O) groups excluding carboxylic acids is 1. The fourth-order valence-corrected chi connectivity index (χ4v) is 4.78. The van der Waals surface area contributed by atoms with Crippen molar-refractivity contribution >= 4 is 15.9 Å². The molecule has 0 aromatic heterocycles. The van der Waals surface area contributed by atoms with Crippen molar-refractivity contribution in [2.75, 3.05) is 7.11 Å². The molecular formula is C20H26N2O4S. The maximum Gasteiger partial charge on any atom is 0.241 e. The van der Waals surface area contributed by atoms with E-state index in [9.17, 15) is 13.2 Å². The highest BCUT2D eigenvalue weighted by Gasteiger charge is 2.25. The fraction of sp³-hybridized carbons (Fsp3) is 0.350. The van der Waals surface area contributed by atoms with Crippen LogP contribution in [0.3, 0.4) is 0 Å². The first-order valence-electron chi connectivity index (χ1n) is 8.65. The molecule has 27 heavy (non-hydrogen) atoms. The lowest BCUT2D eigenvalue weighted by atomic mass is 10.1. The van der Waals surface area contributed by atoms with E-state index in [1.165, 1.54) is 6.92 Å². The number of aryl methyl sites for hydroxylation is 3. The summed E-state index contributed by atoms with van der Waals surface area (Å²) in [5.74, 6) is 0.254. The van der Waals surface area contributed by atoms with Gasteiger partial charge in [-0.3, -0.25) is 4.79 Å². The van der Waals surface area contributed by atoms with E-state index >= 15 is 0 Å². The minimum Gasteiger partial charge on any atom is -0.496 e. The second kappa shape index (κ2) is 8.54. The van der Waals surface area contributed by atoms with Crippen molar-refractivity contribution in [1.82, 2.24) is 10.0 Å². The molecule has 0 saturated heterocycles. The molecule has 2 aromatic carbocycles. The lowest BCUT2D eigenvalue weighted by Crippen LogP contribution is -2.44. The first kappa shape index (κ1) is 20.9. The van der Waals surface area contributed by atoms with Crippen molar-refractivity contribution in [2.45, 2.75) is 45.2 Å². The Balaban J connectivity index is 2.09. The van der Waals surface area contributed by atoms with Gasteiger partial charge in [-0.05, 0) is 44.9 Å². The van der Waals surface area contributed by atoms with Gasteiger partial charge >= 0.3 is 0 Å². The summed E-state index contributed by atoms with van der Waals surface area (Å²) in [6.45, 7) is 7.19. The maximum atomic E-state index is 12.8. The van der Waals surface area contributed by atoms with Gasteiger partial charge in [-0.1, -0.05) is 35.9 Å². The predicted octanol–water partition coefficient (Wildman–Crippen LogP) is 2.60. The largest absolute Gasteiger partial charge is 0.496 e. The average molecular weight is 391 g/mol. The van der Waals surface area contributed by atoms with Crippen LogP contribution >= 0.6 is 0 Å². The summed E-state index contributed by atoms with van der Waals surface area (Å²) >= 11 is 0. The molecule has 2 rings (SSSR count). The number of amides is 1. The predicted molar refractivity (Wildman–Crippen MR) is 105 cm³/mol. The molecule has 0 aliphatic heterocycles. The molecule has 0 fully saturated rings. The average Bonchev–Trinajstić information content (AvgIpc) is 2.58. The van der Waals surface area contributed by atoms with Crippen LogP contribution in [0.4, 0.5) is 0 Å². The molecule has 1 unspecified atom stereocenters. The molecule has 0 bridgehead atoms. The molecule has 146 valence electrons. The Labute approximate surface area is 161 Å². The van der Waals surface area contributed by atoms with Crippen molar-refractivity contribution in [3.63, 3.8) is 0 Å². The molecule has 1 atom stereocenters. The summed E-state index contributed by atoms with van der Waals surface area (Å²) in [5.41, 5.74) is 3.11. The number of para-hydroxylation sites is 1. The van der Waals surface area contributed by atoms with E-state index in [1.807, 2.05) is 37.3 Å². The van der Waals surface area contributed by atoms with Crippen molar-refractivity contribution in [3.8, 4) is 5.75 Å². The first-order chi connectivity index (χ1) is 12.7. The Kier molecular flexibility index (Phi) is 6.62. The van der Waals surface area contributed by atoms with Gasteiger partial charge < -0.3 is 10.1 Å². The highest BCUT2D eigenvalue weighted by atomic mass is 32.2. The second-order valence-electron chi connectivity index (χ2n) is 6.60. The van der Waals surface area contributed by atoms with E-state index in [1.54, 1.807) is 27.0 Å². The summed E-state index contributed by atoms with van der Waals surface area (Å²) < 4.78 is 33.2. The van der Waals surface area contributed by atoms with Crippen LogP contribution in [0.2, 0.25) is 0 Å². The van der Waals surface area contributed by atoms with Crippen LogP contribution in [-0.2, 0) is 21.4 Å². The Morgan fingerprint density at radius 1 is 1.11 bits per heavy atom. The SMILES string of the molecule is COc1ccccc1CNC(=O)C(C)NS(=O)(=O)c1c(C)cc(C)cc1C. The molecule has 1 amide bonds. The third kappa shape index (κ3) is 5.08. The minimum absolute atomic E-state index is 0.220. The van der Waals surface area contributed by atoms with E-state index in [4.69, 9.17) is 4.74 Å². The summed E-state index contributed by atoms with van der Waals surface area (Å²) in [6, 6.07) is 10.0. The van der Waals surface area contributed by atoms with Gasteiger partial charge in [0.05, 0.1) is 18.0 Å². The topological polar surface area (TPSA) is 84.5 Å². The molecule has 2 N–H and O–H groups in total. The van der Waals surface area contributed by atoms with Crippen molar-refractivity contribution < 1.29 is 17.9 Å². The van der Waals surface area contributed by atoms with Crippen molar-refractivity contribution in [3.05, 3.63) is 58.7 Å². The summed E-state index contributed by atoms with van der Waals surface area (Å²) in [5, 5.41) is 2.74. The van der Waals surface area contributed by atoms with E-state index in [0.717, 1.165) is 11.1 Å². The Bertz CT molecular complexity index is 916. The molecule has 7 heteroatoms. The quantitative estimate of drug-likeness (QED) is 0.761. The van der Waals surface area contributed by atoms with E-state index in [0.29, 0.717) is 16.9 Å². The zero-order valence-electron chi connectivity index (χ0n) is 16.3. The lowest BCUT2D eigenvalue weighted by Gasteiger charge is -2.18. The van der Waals surface area contributed by atoms with Crippen LogP contribution in [0.15, 0.2) is 41.3 Å². The number of benzene rings is 2. The second-order valence-corrected chi connectivity index (χ2v) is 8.25. The zero-order valence-corrected chi connectivity index (χ0v) is 17.1. The number of hydrogen-bond donors (Lipinski definition) is 2. The highest BCUT2D eigenvalue weighted by molar-refractivity contribution is 7.89. The van der Waals surface area contributed by atoms with Crippen LogP contribution in [0.5, 0.6) is 5.75 Å². The van der Waals surface area contributed by atoms with Gasteiger partial charge in [-0.15, -0.1) is 0 Å². The molecule has 0 heterocycles. The summed E-state index contributed by atoms with van der Waals surface area (Å²) in [6.07, 6.45) is 0. The number of carbonyl (C=O) groups is 1. The van der Waals surface area contributed by atoms with Gasteiger partial charge in [0.1, 0.15) is 5.75 Å². The maximum absolute atomic E-state index is 12.8. The monoisotopic (exact) mass is 390 g/mol. The molecular weight excluding hydrogens is 364 g/mol. The highest BCUT2D eigenvalue weighted by Crippen LogP contribution is 2.22. The van der Waals surface area contributed by atoms with Gasteiger partial charge in [-0.25, -0.2) is 8.42 Å². The van der Waals surface area contributed by atoms with Gasteiger partial charge in [0.25, 0.3) is 0 Å². The van der Waals surface area contributed by atoms with Crippen LogP contribution in [-0.4, -0.2) is 27.5 Å². The van der Waals surface area contributed by atoms with Gasteiger partial charge in [0, 0.05) is 12.1 Å². The van der Waals surface area contributed by atoms with Crippen LogP contribution < -0.4 is 14.8 Å². The normalized spacial score (nSPS) is 12.5. The Morgan fingerprint density at radius 2 is 1.70 bits per heavy atom. The van der Waals surface area contributed by atoms with Crippen LogP contribution in [0, 0.1) is 20.8 Å². The van der Waals surface area contributed by atoms with Gasteiger partial charge in [-0.2, -0.15) is 4.72 Å². The minimum atomic E-state index is -3.81. The third-order valence-corrected chi connectivity index (χ3v) is 6.09. The van der Waals surface area contributed by atoms with E-state index in [-0.39, 0.29) is 11.4 Å². The van der Waals surface area contributed by atoms with E-state index < -0.39 is 22.0 Å². The van der Waals surface area contributed by atoms with Crippen molar-refractivity contribution in [1.29, 1.82) is 0 Å². The van der Waals surface area contributed by atoms with Crippen LogP contribution in [0.25, 0.3) is 0 Å². The van der Waals surface area contributed by atoms with Gasteiger partial charge in [0.15, 0.2) is 0 Å². The number of ether oxygens (including phenoxy) is 1. The summed E-state index contributed by atoms with van der Waals surface area (Å²) in [7, 11) is -2.25. The molecule has 0 radical (unpaired) electrons. The first-order valence-corrected chi connectivity index (χ1v) is 10.1. The van der Waals surface area contributed by atoms with E-state index in [2.05, 4.69) is 10.0 Å². The van der Waals surface area contributed by atoms with Crippen molar-refractivity contribution in [2.24, 2.45) is 0 Å². The smallest absolute Gasteiger partial charge is 0.241 e. The molecule has 0 saturated carbocycles. The standard InChI is InChI=1S/C20H26N2O4S/c1-13-10-14(2)19(15(3)11-13)27(24,25)22-16(4)20(23)21-12-17-8-6-7-9-18(17)26-5/h6-11,16,22H,12H2,1-5H3,(H,21,23). The van der Waals surface area contributed by atoms with Crippen LogP contribution in [0.1, 0.15) is 29.2 Å². The molecule has 0 spiro atoms. The fourth-order valence-electron chi connectivity index (χ4n) is 3.12. The number of methoxy groups -OCH3 is 1. The summed E-state index contributed by atoms with van der Waals surface area (Å²) in [4.78, 5) is 12.6. The van der Waals surface area contributed by atoms with Gasteiger partial charge in [0.2, 0.25) is 15.9 Å². The zero-order chi connectivity index (χ0) is 20.2. The lowest BCUT2D eigenvalue weighted by molar-refractivity contribution is -0.122. The number of rotatable bonds is 7. The number of hydrogen-bond acceptors (Lipinski definition) is 4. The molecule has 0 aliphatic carbocycles. The molecule has 0 aliphatic rings. The molecule has 2 aromatic rings. The Morgan fingerprint density at radius 3 is 2.30 bits per heavy atom. The number of nitrogens with one attached hydrogen (secondary N) is 2. The Hall–Kier alpha value is -2.38. The number of sulfonamides is 1. The molecule has 6 nitrogen and oxygen atoms in total. The third-order valence-electron chi connectivity index (χ3n) is 4.24.